The van der Waals surface area contributed by atoms with Crippen LogP contribution in [0, 0.1) is 5.92 Å². The van der Waals surface area contributed by atoms with Gasteiger partial charge in [-0.25, -0.2) is 0 Å². The zero-order valence-corrected chi connectivity index (χ0v) is 5.78. The van der Waals surface area contributed by atoms with Crippen LogP contribution in [0.15, 0.2) is 0 Å². The van der Waals surface area contributed by atoms with Gasteiger partial charge in [0.1, 0.15) is 6.10 Å². The lowest BCUT2D eigenvalue weighted by Gasteiger charge is -2.18. The Hall–Kier alpha value is -0.120. The molecule has 3 heteroatoms. The lowest BCUT2D eigenvalue weighted by molar-refractivity contribution is -0.0356. The first kappa shape index (κ1) is 8.88. The molecule has 0 saturated heterocycles. The second-order valence-corrected chi connectivity index (χ2v) is 2.48. The molecule has 0 fully saturated rings. The summed E-state index contributed by atoms with van der Waals surface area (Å²) in [5, 5.41) is 26.1. The van der Waals surface area contributed by atoms with E-state index in [-0.39, 0.29) is 12.5 Å². The van der Waals surface area contributed by atoms with Crippen molar-refractivity contribution >= 4 is 0 Å². The Morgan fingerprint density at radius 2 is 1.67 bits per heavy atom. The van der Waals surface area contributed by atoms with E-state index >= 15 is 0 Å². The maximum atomic E-state index is 8.98. The minimum Gasteiger partial charge on any atom is -0.394 e. The van der Waals surface area contributed by atoms with Crippen LogP contribution in [0.5, 0.6) is 0 Å². The van der Waals surface area contributed by atoms with Crippen LogP contribution in [0.1, 0.15) is 13.8 Å². The van der Waals surface area contributed by atoms with E-state index in [9.17, 15) is 0 Å². The molecular weight excluding hydrogens is 120 g/mol. The molecule has 0 aromatic heterocycles. The standard InChI is InChI=1S/C6H14O3/c1-4(2)6(9)5(8)3-7/h4-9H,3H2,1-2H3/t5-,6-/m0/s1. The third-order valence-electron chi connectivity index (χ3n) is 1.26. The molecule has 0 amide bonds. The van der Waals surface area contributed by atoms with Gasteiger partial charge in [0.05, 0.1) is 12.7 Å². The van der Waals surface area contributed by atoms with Crippen molar-refractivity contribution in [2.75, 3.05) is 6.61 Å². The molecule has 0 aromatic carbocycles. The summed E-state index contributed by atoms with van der Waals surface area (Å²) in [5.41, 5.74) is 0. The Labute approximate surface area is 54.9 Å². The highest BCUT2D eigenvalue weighted by Crippen LogP contribution is 2.04. The molecule has 2 atom stereocenters. The van der Waals surface area contributed by atoms with Gasteiger partial charge in [-0.1, -0.05) is 13.8 Å². The fraction of sp³-hybridized carbons (Fsp3) is 1.00. The summed E-state index contributed by atoms with van der Waals surface area (Å²) in [7, 11) is 0. The number of hydrogen-bond acceptors (Lipinski definition) is 3. The van der Waals surface area contributed by atoms with Crippen molar-refractivity contribution < 1.29 is 15.3 Å². The number of aliphatic hydroxyl groups excluding tert-OH is 3. The second kappa shape index (κ2) is 3.82. The molecule has 9 heavy (non-hydrogen) atoms. The summed E-state index contributed by atoms with van der Waals surface area (Å²) >= 11 is 0. The van der Waals surface area contributed by atoms with Crippen LogP contribution in [-0.2, 0) is 0 Å². The van der Waals surface area contributed by atoms with Crippen LogP contribution in [0.25, 0.3) is 0 Å². The molecule has 0 unspecified atom stereocenters. The van der Waals surface area contributed by atoms with Gasteiger partial charge in [-0.3, -0.25) is 0 Å². The predicted molar refractivity (Wildman–Crippen MR) is 33.9 cm³/mol. The first-order chi connectivity index (χ1) is 4.09. The van der Waals surface area contributed by atoms with E-state index in [1.807, 2.05) is 0 Å². The first-order valence-electron chi connectivity index (χ1n) is 3.06. The molecule has 0 aliphatic carbocycles. The van der Waals surface area contributed by atoms with E-state index in [2.05, 4.69) is 0 Å². The van der Waals surface area contributed by atoms with E-state index in [0.717, 1.165) is 0 Å². The molecular formula is C6H14O3. The third-order valence-corrected chi connectivity index (χ3v) is 1.26. The maximum Gasteiger partial charge on any atom is 0.103 e. The highest BCUT2D eigenvalue weighted by atomic mass is 16.4. The normalized spacial score (nSPS) is 18.0. The summed E-state index contributed by atoms with van der Waals surface area (Å²) in [5.74, 6) is -0.00727. The number of rotatable bonds is 3. The van der Waals surface area contributed by atoms with Crippen molar-refractivity contribution in [1.29, 1.82) is 0 Å². The maximum absolute atomic E-state index is 8.98. The molecule has 0 aliphatic rings. The lowest BCUT2D eigenvalue weighted by atomic mass is 10.0. The molecule has 0 aliphatic heterocycles. The van der Waals surface area contributed by atoms with Gasteiger partial charge in [-0.2, -0.15) is 0 Å². The van der Waals surface area contributed by atoms with Crippen LogP contribution >= 0.6 is 0 Å². The van der Waals surface area contributed by atoms with Crippen LogP contribution in [0.2, 0.25) is 0 Å². The highest BCUT2D eigenvalue weighted by molar-refractivity contribution is 4.68. The topological polar surface area (TPSA) is 60.7 Å². The van der Waals surface area contributed by atoms with Gasteiger partial charge >= 0.3 is 0 Å². The number of aliphatic hydroxyl groups is 3. The molecule has 0 heterocycles. The summed E-state index contributed by atoms with van der Waals surface area (Å²) in [6.45, 7) is 3.19. The summed E-state index contributed by atoms with van der Waals surface area (Å²) in [6.07, 6.45) is -1.81. The first-order valence-corrected chi connectivity index (χ1v) is 3.06. The quantitative estimate of drug-likeness (QED) is 0.481. The van der Waals surface area contributed by atoms with Gasteiger partial charge in [0.2, 0.25) is 0 Å². The minimum atomic E-state index is -0.995. The van der Waals surface area contributed by atoms with Gasteiger partial charge in [0, 0.05) is 0 Å². The average Bonchev–Trinajstić information content (AvgIpc) is 1.84. The predicted octanol–water partition coefficient (Wildman–Crippen LogP) is -0.643. The molecule has 3 nitrogen and oxygen atoms in total. The minimum absolute atomic E-state index is 0.00727. The van der Waals surface area contributed by atoms with Gasteiger partial charge in [-0.15, -0.1) is 0 Å². The van der Waals surface area contributed by atoms with E-state index in [1.54, 1.807) is 13.8 Å². The van der Waals surface area contributed by atoms with E-state index < -0.39 is 12.2 Å². The van der Waals surface area contributed by atoms with Crippen molar-refractivity contribution in [2.24, 2.45) is 5.92 Å². The fourth-order valence-electron chi connectivity index (χ4n) is 0.552. The molecule has 0 bridgehead atoms. The van der Waals surface area contributed by atoms with Crippen molar-refractivity contribution in [3.8, 4) is 0 Å². The SMILES string of the molecule is CC(C)[C@H](O)[C@@H](O)CO. The molecule has 56 valence electrons. The number of hydrogen-bond donors (Lipinski definition) is 3. The van der Waals surface area contributed by atoms with Gasteiger partial charge < -0.3 is 15.3 Å². The summed E-state index contributed by atoms with van der Waals surface area (Å²) in [4.78, 5) is 0. The smallest absolute Gasteiger partial charge is 0.103 e. The fourth-order valence-corrected chi connectivity index (χ4v) is 0.552. The van der Waals surface area contributed by atoms with Gasteiger partial charge in [-0.05, 0) is 5.92 Å². The molecule has 0 saturated carbocycles. The molecule has 0 rings (SSSR count). The van der Waals surface area contributed by atoms with Crippen molar-refractivity contribution in [3.63, 3.8) is 0 Å². The Morgan fingerprint density at radius 3 is 1.78 bits per heavy atom. The zero-order valence-electron chi connectivity index (χ0n) is 5.78. The Kier molecular flexibility index (Phi) is 3.77. The van der Waals surface area contributed by atoms with Gasteiger partial charge in [0.25, 0.3) is 0 Å². The van der Waals surface area contributed by atoms with Crippen LogP contribution in [-0.4, -0.2) is 34.1 Å². The lowest BCUT2D eigenvalue weighted by Crippen LogP contribution is -2.33. The zero-order chi connectivity index (χ0) is 7.44. The van der Waals surface area contributed by atoms with Crippen molar-refractivity contribution in [3.05, 3.63) is 0 Å². The molecule has 3 N–H and O–H groups in total. The Balaban J connectivity index is 3.58. The third kappa shape index (κ3) is 2.79. The van der Waals surface area contributed by atoms with Crippen LogP contribution < -0.4 is 0 Å². The summed E-state index contributed by atoms with van der Waals surface area (Å²) in [6, 6.07) is 0. The molecule has 0 spiro atoms. The largest absolute Gasteiger partial charge is 0.394 e. The molecule has 0 aromatic rings. The average molecular weight is 134 g/mol. The van der Waals surface area contributed by atoms with Gasteiger partial charge in [0.15, 0.2) is 0 Å². The van der Waals surface area contributed by atoms with Crippen molar-refractivity contribution in [1.82, 2.24) is 0 Å². The summed E-state index contributed by atoms with van der Waals surface area (Å²) < 4.78 is 0. The Bertz CT molecular complexity index is 72.7. The second-order valence-electron chi connectivity index (χ2n) is 2.48. The van der Waals surface area contributed by atoms with Crippen LogP contribution in [0.4, 0.5) is 0 Å². The monoisotopic (exact) mass is 134 g/mol. The van der Waals surface area contributed by atoms with E-state index in [1.165, 1.54) is 0 Å². The Morgan fingerprint density at radius 1 is 1.22 bits per heavy atom. The van der Waals surface area contributed by atoms with Crippen molar-refractivity contribution in [2.45, 2.75) is 26.1 Å². The van der Waals surface area contributed by atoms with E-state index in [0.29, 0.717) is 0 Å². The van der Waals surface area contributed by atoms with E-state index in [4.69, 9.17) is 15.3 Å². The molecule has 0 radical (unpaired) electrons. The highest BCUT2D eigenvalue weighted by Gasteiger charge is 2.17. The van der Waals surface area contributed by atoms with Crippen LogP contribution in [0.3, 0.4) is 0 Å².